The summed E-state index contributed by atoms with van der Waals surface area (Å²) in [6.07, 6.45) is 0. The highest BCUT2D eigenvalue weighted by atomic mass is 19.1. The second-order valence-electron chi connectivity index (χ2n) is 4.81. The number of carbonyl (C=O) groups is 1. The van der Waals surface area contributed by atoms with Gasteiger partial charge in [0, 0.05) is 13.6 Å². The molecule has 0 atom stereocenters. The van der Waals surface area contributed by atoms with E-state index in [1.807, 2.05) is 0 Å². The minimum atomic E-state index is -0.507. The van der Waals surface area contributed by atoms with Crippen molar-refractivity contribution < 1.29 is 14.3 Å². The first kappa shape index (κ1) is 14.1. The topological polar surface area (TPSA) is 40.5 Å². The molecule has 0 unspecified atom stereocenters. The van der Waals surface area contributed by atoms with E-state index in [2.05, 4.69) is 0 Å². The predicted octanol–water partition coefficient (Wildman–Crippen LogP) is 3.11. The minimum absolute atomic E-state index is 0.0666. The van der Waals surface area contributed by atoms with Crippen molar-refractivity contribution in [3.8, 4) is 5.75 Å². The molecule has 0 saturated carbocycles. The molecule has 0 fully saturated rings. The molecule has 0 heterocycles. The molecule has 1 amide bonds. The summed E-state index contributed by atoms with van der Waals surface area (Å²) in [5.74, 6) is -0.699. The molecule has 0 aromatic heterocycles. The van der Waals surface area contributed by atoms with Crippen LogP contribution in [0.3, 0.4) is 0 Å². The summed E-state index contributed by atoms with van der Waals surface area (Å²) in [5, 5.41) is 9.21. The number of aryl methyl sites for hydroxylation is 1. The van der Waals surface area contributed by atoms with Gasteiger partial charge in [-0.15, -0.1) is 0 Å². The van der Waals surface area contributed by atoms with Crippen molar-refractivity contribution in [2.24, 2.45) is 0 Å². The molecule has 2 rings (SSSR count). The number of amides is 1. The smallest absolute Gasteiger partial charge is 0.256 e. The molecular weight excluding hydrogens is 257 g/mol. The van der Waals surface area contributed by atoms with Crippen LogP contribution in [0.5, 0.6) is 5.75 Å². The molecule has 0 saturated heterocycles. The molecule has 0 aliphatic heterocycles. The molecule has 1 N–H and O–H groups in total. The zero-order valence-corrected chi connectivity index (χ0v) is 11.4. The van der Waals surface area contributed by atoms with Gasteiger partial charge in [-0.2, -0.15) is 0 Å². The number of nitrogens with zero attached hydrogens (tertiary/aromatic N) is 1. The Hall–Kier alpha value is -2.36. The van der Waals surface area contributed by atoms with Crippen LogP contribution in [0.15, 0.2) is 42.5 Å². The van der Waals surface area contributed by atoms with Crippen molar-refractivity contribution in [1.82, 2.24) is 4.90 Å². The summed E-state index contributed by atoms with van der Waals surface area (Å²) < 4.78 is 13.8. The lowest BCUT2D eigenvalue weighted by molar-refractivity contribution is 0.0780. The molecule has 2 aromatic carbocycles. The van der Waals surface area contributed by atoms with Gasteiger partial charge in [0.25, 0.3) is 5.91 Å². The number of aromatic hydroxyl groups is 1. The fourth-order valence-electron chi connectivity index (χ4n) is 1.95. The van der Waals surface area contributed by atoms with Gasteiger partial charge in [-0.3, -0.25) is 4.79 Å². The van der Waals surface area contributed by atoms with E-state index in [1.165, 1.54) is 17.0 Å². The van der Waals surface area contributed by atoms with Crippen molar-refractivity contribution >= 4 is 5.91 Å². The Kier molecular flexibility index (Phi) is 4.03. The molecule has 2 aromatic rings. The average Bonchev–Trinajstić information content (AvgIpc) is 2.40. The summed E-state index contributed by atoms with van der Waals surface area (Å²) in [4.78, 5) is 13.6. The maximum atomic E-state index is 13.8. The average molecular weight is 273 g/mol. The molecule has 104 valence electrons. The zero-order valence-electron chi connectivity index (χ0n) is 11.4. The third kappa shape index (κ3) is 3.15. The highest BCUT2D eigenvalue weighted by Gasteiger charge is 2.16. The molecule has 0 bridgehead atoms. The molecular formula is C16H16FNO2. The number of benzene rings is 2. The molecule has 4 heteroatoms. The van der Waals surface area contributed by atoms with Crippen molar-refractivity contribution in [3.63, 3.8) is 0 Å². The van der Waals surface area contributed by atoms with Crippen molar-refractivity contribution in [2.45, 2.75) is 13.5 Å². The fourth-order valence-corrected chi connectivity index (χ4v) is 1.95. The summed E-state index contributed by atoms with van der Waals surface area (Å²) in [5.41, 5.74) is 1.71. The van der Waals surface area contributed by atoms with Crippen LogP contribution in [0.4, 0.5) is 4.39 Å². The van der Waals surface area contributed by atoms with E-state index in [0.29, 0.717) is 6.54 Å². The van der Waals surface area contributed by atoms with E-state index in [1.54, 1.807) is 44.3 Å². The summed E-state index contributed by atoms with van der Waals surface area (Å²) in [6.45, 7) is 2.13. The normalized spacial score (nSPS) is 10.3. The van der Waals surface area contributed by atoms with E-state index in [-0.39, 0.29) is 17.2 Å². The van der Waals surface area contributed by atoms with Gasteiger partial charge in [-0.25, -0.2) is 4.39 Å². The fraction of sp³-hybridized carbons (Fsp3) is 0.188. The lowest BCUT2D eigenvalue weighted by Crippen LogP contribution is -2.27. The Bertz CT molecular complexity index is 623. The van der Waals surface area contributed by atoms with Crippen LogP contribution in [0.2, 0.25) is 0 Å². The van der Waals surface area contributed by atoms with Crippen LogP contribution in [0.1, 0.15) is 21.5 Å². The van der Waals surface area contributed by atoms with Gasteiger partial charge in [0.05, 0.1) is 5.56 Å². The third-order valence-corrected chi connectivity index (χ3v) is 3.06. The molecule has 3 nitrogen and oxygen atoms in total. The number of halogens is 1. The third-order valence-electron chi connectivity index (χ3n) is 3.06. The Morgan fingerprint density at radius 1 is 1.20 bits per heavy atom. The highest BCUT2D eigenvalue weighted by molar-refractivity contribution is 5.94. The number of rotatable bonds is 3. The van der Waals surface area contributed by atoms with Crippen LogP contribution in [-0.4, -0.2) is 23.0 Å². The SMILES string of the molecule is Cc1ccc(C(=O)N(C)Cc2ccc(O)cc2)c(F)c1. The number of hydrogen-bond acceptors (Lipinski definition) is 2. The lowest BCUT2D eigenvalue weighted by Gasteiger charge is -2.18. The maximum absolute atomic E-state index is 13.8. The Balaban J connectivity index is 2.14. The van der Waals surface area contributed by atoms with Crippen molar-refractivity contribution in [3.05, 3.63) is 65.0 Å². The van der Waals surface area contributed by atoms with Crippen molar-refractivity contribution in [2.75, 3.05) is 7.05 Å². The van der Waals surface area contributed by atoms with Crippen molar-refractivity contribution in [1.29, 1.82) is 0 Å². The molecule has 20 heavy (non-hydrogen) atoms. The maximum Gasteiger partial charge on any atom is 0.256 e. The van der Waals surface area contributed by atoms with Gasteiger partial charge in [0.1, 0.15) is 11.6 Å². The summed E-state index contributed by atoms with van der Waals surface area (Å²) in [7, 11) is 1.62. The first-order valence-electron chi connectivity index (χ1n) is 6.27. The van der Waals surface area contributed by atoms with Crippen LogP contribution in [0, 0.1) is 12.7 Å². The van der Waals surface area contributed by atoms with E-state index >= 15 is 0 Å². The zero-order chi connectivity index (χ0) is 14.7. The second-order valence-corrected chi connectivity index (χ2v) is 4.81. The molecule has 0 spiro atoms. The number of hydrogen-bond donors (Lipinski definition) is 1. The summed E-state index contributed by atoms with van der Waals surface area (Å²) in [6, 6.07) is 11.1. The standard InChI is InChI=1S/C16H16FNO2/c1-11-3-8-14(15(17)9-11)16(20)18(2)10-12-4-6-13(19)7-5-12/h3-9,19H,10H2,1-2H3. The Morgan fingerprint density at radius 2 is 1.85 bits per heavy atom. The van der Waals surface area contributed by atoms with Gasteiger partial charge < -0.3 is 10.0 Å². The van der Waals surface area contributed by atoms with E-state index < -0.39 is 5.82 Å². The Morgan fingerprint density at radius 3 is 2.45 bits per heavy atom. The van der Waals surface area contributed by atoms with Gasteiger partial charge >= 0.3 is 0 Å². The first-order valence-corrected chi connectivity index (χ1v) is 6.27. The quantitative estimate of drug-likeness (QED) is 0.933. The lowest BCUT2D eigenvalue weighted by atomic mass is 10.1. The van der Waals surface area contributed by atoms with Crippen LogP contribution in [0.25, 0.3) is 0 Å². The summed E-state index contributed by atoms with van der Waals surface area (Å²) >= 11 is 0. The van der Waals surface area contributed by atoms with Gasteiger partial charge in [-0.1, -0.05) is 18.2 Å². The van der Waals surface area contributed by atoms with Crippen LogP contribution < -0.4 is 0 Å². The monoisotopic (exact) mass is 273 g/mol. The Labute approximate surface area is 117 Å². The van der Waals surface area contributed by atoms with Gasteiger partial charge in [-0.05, 0) is 42.3 Å². The second kappa shape index (κ2) is 5.74. The van der Waals surface area contributed by atoms with Gasteiger partial charge in [0.2, 0.25) is 0 Å². The van der Waals surface area contributed by atoms with Crippen LogP contribution >= 0.6 is 0 Å². The minimum Gasteiger partial charge on any atom is -0.508 e. The predicted molar refractivity (Wildman–Crippen MR) is 75.0 cm³/mol. The molecule has 0 aliphatic carbocycles. The first-order chi connectivity index (χ1) is 9.47. The largest absolute Gasteiger partial charge is 0.508 e. The van der Waals surface area contributed by atoms with E-state index in [0.717, 1.165) is 11.1 Å². The van der Waals surface area contributed by atoms with Crippen LogP contribution in [-0.2, 0) is 6.54 Å². The van der Waals surface area contributed by atoms with Gasteiger partial charge in [0.15, 0.2) is 0 Å². The molecule has 0 aliphatic rings. The number of phenols is 1. The molecule has 0 radical (unpaired) electrons. The highest BCUT2D eigenvalue weighted by Crippen LogP contribution is 2.15. The van der Waals surface area contributed by atoms with E-state index in [4.69, 9.17) is 0 Å². The number of carbonyl (C=O) groups excluding carboxylic acids is 1. The van der Waals surface area contributed by atoms with E-state index in [9.17, 15) is 14.3 Å². The number of phenolic OH excluding ortho intramolecular Hbond substituents is 1.